The van der Waals surface area contributed by atoms with Gasteiger partial charge in [-0.1, -0.05) is 32.1 Å². The molecule has 2 N–H and O–H groups in total. The lowest BCUT2D eigenvalue weighted by atomic mass is 9.86. The van der Waals surface area contributed by atoms with Crippen molar-refractivity contribution in [3.8, 4) is 11.4 Å². The van der Waals surface area contributed by atoms with E-state index in [1.807, 2.05) is 0 Å². The van der Waals surface area contributed by atoms with Gasteiger partial charge >= 0.3 is 11.7 Å². The molecule has 0 spiro atoms. The minimum absolute atomic E-state index is 0.243. The summed E-state index contributed by atoms with van der Waals surface area (Å²) in [6.07, 6.45) is 10.4. The molecule has 1 aliphatic heterocycles. The number of hydrogen-bond acceptors (Lipinski definition) is 5. The van der Waals surface area contributed by atoms with Crippen LogP contribution in [-0.4, -0.2) is 57.0 Å². The van der Waals surface area contributed by atoms with Gasteiger partial charge < -0.3 is 14.7 Å². The average molecular weight is 429 g/mol. The lowest BCUT2D eigenvalue weighted by molar-refractivity contribution is -0.139. The van der Waals surface area contributed by atoms with Crippen molar-refractivity contribution in [1.82, 2.24) is 19.7 Å². The van der Waals surface area contributed by atoms with Crippen LogP contribution in [0.2, 0.25) is 0 Å². The molecule has 0 amide bonds. The van der Waals surface area contributed by atoms with Gasteiger partial charge in [0, 0.05) is 12.5 Å². The van der Waals surface area contributed by atoms with Crippen LogP contribution in [0, 0.1) is 5.92 Å². The van der Waals surface area contributed by atoms with E-state index >= 15 is 0 Å². The first-order chi connectivity index (χ1) is 15.1. The summed E-state index contributed by atoms with van der Waals surface area (Å²) in [5, 5.41) is 13.3. The molecule has 2 aliphatic rings. The van der Waals surface area contributed by atoms with E-state index in [0.29, 0.717) is 11.4 Å². The molecule has 0 radical (unpaired) electrons. The van der Waals surface area contributed by atoms with Crippen LogP contribution in [0.15, 0.2) is 29.1 Å². The number of nitrogens with one attached hydrogen (secondary N) is 1. The van der Waals surface area contributed by atoms with Crippen LogP contribution in [0.4, 0.5) is 0 Å². The van der Waals surface area contributed by atoms with Crippen molar-refractivity contribution in [1.29, 1.82) is 0 Å². The van der Waals surface area contributed by atoms with Crippen LogP contribution in [0.1, 0.15) is 63.1 Å². The van der Waals surface area contributed by atoms with Gasteiger partial charge in [-0.05, 0) is 62.5 Å². The second kappa shape index (κ2) is 10.1. The standard InChI is InChI=1S/C23H32N4O4/c28-21(29)16-31-20-10-8-19(9-11-20)27-23(30)24-22(25-27)18-7-4-13-26(15-18)14-12-17-5-2-1-3-6-17/h8-11,17-18H,1-7,12-16H2,(H,28,29)(H,24,25,30)/t18-/m0/s1. The number of piperidine rings is 1. The van der Waals surface area contributed by atoms with E-state index < -0.39 is 12.6 Å². The molecule has 4 rings (SSSR count). The minimum atomic E-state index is -1.03. The summed E-state index contributed by atoms with van der Waals surface area (Å²) in [4.78, 5) is 28.6. The first-order valence-corrected chi connectivity index (χ1v) is 11.4. The number of carbonyl (C=O) groups is 1. The number of H-pyrrole nitrogens is 1. The van der Waals surface area contributed by atoms with Crippen LogP contribution in [0.3, 0.4) is 0 Å². The first kappa shape index (κ1) is 21.6. The van der Waals surface area contributed by atoms with E-state index in [1.54, 1.807) is 24.3 Å². The van der Waals surface area contributed by atoms with E-state index in [2.05, 4.69) is 15.0 Å². The number of hydrogen-bond donors (Lipinski definition) is 2. The van der Waals surface area contributed by atoms with E-state index in [0.717, 1.165) is 44.2 Å². The predicted molar refractivity (Wildman–Crippen MR) is 117 cm³/mol. The van der Waals surface area contributed by atoms with Gasteiger partial charge in [0.15, 0.2) is 6.61 Å². The van der Waals surface area contributed by atoms with Crippen molar-refractivity contribution < 1.29 is 14.6 Å². The predicted octanol–water partition coefficient (Wildman–Crippen LogP) is 3.17. The van der Waals surface area contributed by atoms with Crippen LogP contribution >= 0.6 is 0 Å². The van der Waals surface area contributed by atoms with E-state index in [-0.39, 0.29) is 11.6 Å². The highest BCUT2D eigenvalue weighted by molar-refractivity contribution is 5.68. The quantitative estimate of drug-likeness (QED) is 0.670. The maximum atomic E-state index is 12.5. The van der Waals surface area contributed by atoms with Gasteiger partial charge in [0.2, 0.25) is 0 Å². The molecular formula is C23H32N4O4. The highest BCUT2D eigenvalue weighted by Crippen LogP contribution is 2.29. The summed E-state index contributed by atoms with van der Waals surface area (Å²) < 4.78 is 6.52. The summed E-state index contributed by atoms with van der Waals surface area (Å²) in [6.45, 7) is 2.82. The van der Waals surface area contributed by atoms with Crippen LogP contribution in [0.5, 0.6) is 5.75 Å². The zero-order valence-corrected chi connectivity index (χ0v) is 18.0. The van der Waals surface area contributed by atoms with E-state index in [4.69, 9.17) is 9.84 Å². The van der Waals surface area contributed by atoms with Crippen molar-refractivity contribution in [2.24, 2.45) is 5.92 Å². The fourth-order valence-electron chi connectivity index (χ4n) is 4.85. The molecule has 0 unspecified atom stereocenters. The zero-order chi connectivity index (χ0) is 21.6. The molecule has 1 saturated carbocycles. The molecule has 168 valence electrons. The summed E-state index contributed by atoms with van der Waals surface area (Å²) in [5.41, 5.74) is 0.369. The topological polar surface area (TPSA) is 100 Å². The Balaban J connectivity index is 1.37. The second-order valence-corrected chi connectivity index (χ2v) is 8.84. The Hall–Kier alpha value is -2.61. The molecule has 31 heavy (non-hydrogen) atoms. The molecule has 2 fully saturated rings. The summed E-state index contributed by atoms with van der Waals surface area (Å²) in [6, 6.07) is 6.71. The van der Waals surface area contributed by atoms with Gasteiger partial charge in [-0.15, -0.1) is 5.10 Å². The Bertz CT molecular complexity index is 914. The molecule has 0 bridgehead atoms. The third-order valence-corrected chi connectivity index (χ3v) is 6.55. The SMILES string of the molecule is O=C(O)COc1ccc(-n2nc([C@H]3CCCN(CCC4CCCCC4)C3)[nH]c2=O)cc1. The Morgan fingerprint density at radius 1 is 1.13 bits per heavy atom. The average Bonchev–Trinajstić information content (AvgIpc) is 3.19. The lowest BCUT2D eigenvalue weighted by Crippen LogP contribution is -2.36. The van der Waals surface area contributed by atoms with Crippen molar-refractivity contribution >= 4 is 5.97 Å². The fourth-order valence-corrected chi connectivity index (χ4v) is 4.85. The van der Waals surface area contributed by atoms with Crippen molar-refractivity contribution in [3.05, 3.63) is 40.6 Å². The van der Waals surface area contributed by atoms with Crippen molar-refractivity contribution in [3.63, 3.8) is 0 Å². The van der Waals surface area contributed by atoms with E-state index in [9.17, 15) is 9.59 Å². The molecule has 1 aliphatic carbocycles. The molecule has 8 nitrogen and oxygen atoms in total. The zero-order valence-electron chi connectivity index (χ0n) is 18.0. The summed E-state index contributed by atoms with van der Waals surface area (Å²) in [7, 11) is 0. The molecule has 8 heteroatoms. The lowest BCUT2D eigenvalue weighted by Gasteiger charge is -2.33. The highest BCUT2D eigenvalue weighted by Gasteiger charge is 2.25. The molecule has 1 saturated heterocycles. The number of aromatic nitrogens is 3. The summed E-state index contributed by atoms with van der Waals surface area (Å²) in [5.74, 6) is 1.29. The smallest absolute Gasteiger partial charge is 0.348 e. The van der Waals surface area contributed by atoms with Gasteiger partial charge in [-0.2, -0.15) is 4.68 Å². The van der Waals surface area contributed by atoms with Gasteiger partial charge in [-0.25, -0.2) is 9.59 Å². The molecule has 1 aromatic heterocycles. The van der Waals surface area contributed by atoms with Crippen LogP contribution in [0.25, 0.3) is 5.69 Å². The number of nitrogens with zero attached hydrogens (tertiary/aromatic N) is 3. The number of rotatable bonds is 8. The van der Waals surface area contributed by atoms with E-state index in [1.165, 1.54) is 43.2 Å². The molecule has 1 atom stereocenters. The molecule has 2 aromatic rings. The largest absolute Gasteiger partial charge is 0.482 e. The first-order valence-electron chi connectivity index (χ1n) is 11.4. The third kappa shape index (κ3) is 5.76. The molecular weight excluding hydrogens is 396 g/mol. The Kier molecular flexibility index (Phi) is 7.06. The van der Waals surface area contributed by atoms with Gasteiger partial charge in [0.05, 0.1) is 5.69 Å². The maximum absolute atomic E-state index is 12.5. The van der Waals surface area contributed by atoms with Gasteiger partial charge in [-0.3, -0.25) is 4.98 Å². The number of likely N-dealkylation sites (tertiary alicyclic amines) is 1. The minimum Gasteiger partial charge on any atom is -0.482 e. The maximum Gasteiger partial charge on any atom is 0.348 e. The van der Waals surface area contributed by atoms with Crippen LogP contribution < -0.4 is 10.4 Å². The van der Waals surface area contributed by atoms with Gasteiger partial charge in [0.1, 0.15) is 11.6 Å². The Morgan fingerprint density at radius 3 is 2.65 bits per heavy atom. The Labute approximate surface area is 182 Å². The third-order valence-electron chi connectivity index (χ3n) is 6.55. The second-order valence-electron chi connectivity index (χ2n) is 8.84. The van der Waals surface area contributed by atoms with Crippen molar-refractivity contribution in [2.75, 3.05) is 26.2 Å². The normalized spacial score (nSPS) is 20.6. The Morgan fingerprint density at radius 2 is 1.90 bits per heavy atom. The van der Waals surface area contributed by atoms with Gasteiger partial charge in [0.25, 0.3) is 0 Å². The number of carboxylic acids is 1. The van der Waals surface area contributed by atoms with Crippen LogP contribution in [-0.2, 0) is 4.79 Å². The molecule has 2 heterocycles. The number of carboxylic acid groups (broad SMARTS) is 1. The number of aliphatic carboxylic acids is 1. The summed E-state index contributed by atoms with van der Waals surface area (Å²) >= 11 is 0. The number of benzene rings is 1. The molecule has 1 aromatic carbocycles. The number of ether oxygens (including phenoxy) is 1. The monoisotopic (exact) mass is 428 g/mol. The fraction of sp³-hybridized carbons (Fsp3) is 0.609. The highest BCUT2D eigenvalue weighted by atomic mass is 16.5. The van der Waals surface area contributed by atoms with Crippen molar-refractivity contribution in [2.45, 2.75) is 57.3 Å². The number of aromatic amines is 1.